The number of nitrogens with one attached hydrogen (secondary N) is 1. The highest BCUT2D eigenvalue weighted by atomic mass is 35.5. The van der Waals surface area contributed by atoms with E-state index < -0.39 is 12.0 Å². The van der Waals surface area contributed by atoms with Crippen molar-refractivity contribution in [3.05, 3.63) is 92.1 Å². The van der Waals surface area contributed by atoms with Gasteiger partial charge in [-0.05, 0) is 43.1 Å². The molecule has 0 bridgehead atoms. The minimum Gasteiger partial charge on any atom is -0.387 e. The number of pyridine rings is 1. The van der Waals surface area contributed by atoms with E-state index in [1.54, 1.807) is 30.7 Å². The minimum atomic E-state index is -0.676. The zero-order chi connectivity index (χ0) is 25.2. The molecule has 5 rings (SSSR count). The van der Waals surface area contributed by atoms with Gasteiger partial charge in [0.05, 0.1) is 11.5 Å². The Morgan fingerprint density at radius 1 is 1.28 bits per heavy atom. The number of aliphatic hydroxyl groups excluding tert-OH is 1. The molecule has 2 N–H and O–H groups in total. The maximum atomic E-state index is 13.2. The highest BCUT2D eigenvalue weighted by molar-refractivity contribution is 7.18. The maximum absolute atomic E-state index is 13.2. The van der Waals surface area contributed by atoms with Crippen molar-refractivity contribution in [2.75, 3.05) is 6.54 Å². The molecule has 0 saturated carbocycles. The Hall–Kier alpha value is -3.11. The number of hydrogen-bond donors (Lipinski definition) is 2. The fourth-order valence-corrected chi connectivity index (χ4v) is 5.96. The predicted molar refractivity (Wildman–Crippen MR) is 140 cm³/mol. The van der Waals surface area contributed by atoms with Gasteiger partial charge >= 0.3 is 0 Å². The quantitative estimate of drug-likeness (QED) is 0.383. The fourth-order valence-electron chi connectivity index (χ4n) is 4.72. The van der Waals surface area contributed by atoms with Crippen LogP contribution in [0.5, 0.6) is 0 Å². The van der Waals surface area contributed by atoms with Crippen molar-refractivity contribution in [3.8, 4) is 0 Å². The molecule has 1 amide bonds. The number of aryl methyl sites for hydroxylation is 1. The number of aliphatic hydroxyl groups is 1. The van der Waals surface area contributed by atoms with Gasteiger partial charge < -0.3 is 15.0 Å². The Morgan fingerprint density at radius 2 is 2.03 bits per heavy atom. The highest BCUT2D eigenvalue weighted by Gasteiger charge is 2.32. The van der Waals surface area contributed by atoms with Crippen LogP contribution >= 0.6 is 22.9 Å². The van der Waals surface area contributed by atoms with Crippen LogP contribution in [-0.2, 0) is 20.1 Å². The van der Waals surface area contributed by atoms with Crippen LogP contribution in [0.15, 0.2) is 60.0 Å². The van der Waals surface area contributed by atoms with E-state index in [0.717, 1.165) is 34.7 Å². The molecular formula is C26H26ClN5O3S. The molecule has 0 aliphatic carbocycles. The van der Waals surface area contributed by atoms with Crippen molar-refractivity contribution >= 4 is 39.1 Å². The van der Waals surface area contributed by atoms with Gasteiger partial charge in [0.2, 0.25) is 5.43 Å². The summed E-state index contributed by atoms with van der Waals surface area (Å²) in [6.07, 6.45) is 7.53. The normalized spacial score (nSPS) is 16.9. The molecular weight excluding hydrogens is 498 g/mol. The number of thiophene rings is 1. The largest absolute Gasteiger partial charge is 0.387 e. The van der Waals surface area contributed by atoms with Crippen LogP contribution in [0.4, 0.5) is 0 Å². The van der Waals surface area contributed by atoms with E-state index >= 15 is 0 Å². The summed E-state index contributed by atoms with van der Waals surface area (Å²) >= 11 is 7.46. The number of aromatic nitrogens is 3. The van der Waals surface area contributed by atoms with Gasteiger partial charge in [-0.1, -0.05) is 23.7 Å². The first-order valence-electron chi connectivity index (χ1n) is 11.7. The minimum absolute atomic E-state index is 0.0455. The second kappa shape index (κ2) is 10.5. The van der Waals surface area contributed by atoms with Crippen molar-refractivity contribution in [1.29, 1.82) is 0 Å². The molecule has 3 aromatic heterocycles. The summed E-state index contributed by atoms with van der Waals surface area (Å²) in [4.78, 5) is 38.2. The van der Waals surface area contributed by atoms with Gasteiger partial charge in [0.25, 0.3) is 5.91 Å². The van der Waals surface area contributed by atoms with E-state index in [4.69, 9.17) is 11.6 Å². The topological polar surface area (TPSA) is 100 Å². The molecule has 1 aromatic carbocycles. The molecule has 1 fully saturated rings. The van der Waals surface area contributed by atoms with Gasteiger partial charge in [-0.3, -0.25) is 14.5 Å². The van der Waals surface area contributed by atoms with Gasteiger partial charge in [-0.25, -0.2) is 9.97 Å². The Bertz CT molecular complexity index is 1440. The zero-order valence-electron chi connectivity index (χ0n) is 19.7. The smallest absolute Gasteiger partial charge is 0.257 e. The number of hydrogen-bond acceptors (Lipinski definition) is 7. The van der Waals surface area contributed by atoms with E-state index in [2.05, 4.69) is 20.2 Å². The Kier molecular flexibility index (Phi) is 7.15. The fraction of sp³-hybridized carbons (Fsp3) is 0.308. The molecule has 4 heterocycles. The zero-order valence-corrected chi connectivity index (χ0v) is 21.3. The molecule has 0 unspecified atom stereocenters. The third-order valence-corrected chi connectivity index (χ3v) is 8.03. The van der Waals surface area contributed by atoms with Crippen LogP contribution in [-0.4, -0.2) is 43.0 Å². The van der Waals surface area contributed by atoms with E-state index in [-0.39, 0.29) is 17.0 Å². The molecule has 0 spiro atoms. The Labute approximate surface area is 217 Å². The summed E-state index contributed by atoms with van der Waals surface area (Å²) in [6, 6.07) is 9.03. The van der Waals surface area contributed by atoms with E-state index in [1.165, 1.54) is 17.7 Å². The molecule has 0 radical (unpaired) electrons. The second-order valence-corrected chi connectivity index (χ2v) is 10.6. The molecule has 186 valence electrons. The van der Waals surface area contributed by atoms with Gasteiger partial charge in [0.15, 0.2) is 0 Å². The van der Waals surface area contributed by atoms with Crippen molar-refractivity contribution < 1.29 is 9.90 Å². The number of likely N-dealkylation sites (tertiary alicyclic amines) is 1. The summed E-state index contributed by atoms with van der Waals surface area (Å²) in [5.74, 6) is -0.409. The van der Waals surface area contributed by atoms with Crippen molar-refractivity contribution in [2.24, 2.45) is 7.05 Å². The standard InChI is InChI=1S/C26H26ClN5O3S/c1-31-14-21(25(35)30-10-16-4-6-18(27)7-5-16)24(34)20-9-19(36-26(20)31)13-32-8-2-3-22(32)23(33)17-11-28-15-29-12-17/h4-7,9,11-12,14-15,22-23,33H,2-3,8,10,13H2,1H3,(H,30,35)/t22-,23+/m1/s1. The number of amides is 1. The number of carbonyl (C=O) groups excluding carboxylic acids is 1. The Balaban J connectivity index is 1.34. The number of fused-ring (bicyclic) bond motifs is 1. The van der Waals surface area contributed by atoms with E-state index in [0.29, 0.717) is 29.1 Å². The lowest BCUT2D eigenvalue weighted by atomic mass is 10.0. The van der Waals surface area contributed by atoms with Crippen molar-refractivity contribution in [1.82, 2.24) is 24.8 Å². The lowest BCUT2D eigenvalue weighted by molar-refractivity contribution is 0.0688. The van der Waals surface area contributed by atoms with Crippen LogP contribution in [0.1, 0.15) is 45.3 Å². The van der Waals surface area contributed by atoms with E-state index in [9.17, 15) is 14.7 Å². The third-order valence-electron chi connectivity index (χ3n) is 6.57. The Morgan fingerprint density at radius 3 is 2.78 bits per heavy atom. The molecule has 1 aliphatic heterocycles. The summed E-state index contributed by atoms with van der Waals surface area (Å²) in [6.45, 7) is 1.78. The average molecular weight is 524 g/mol. The molecule has 1 aliphatic rings. The van der Waals surface area contributed by atoms with Crippen LogP contribution in [0.3, 0.4) is 0 Å². The van der Waals surface area contributed by atoms with Gasteiger partial charge in [0.1, 0.15) is 16.7 Å². The van der Waals surface area contributed by atoms with Crippen LogP contribution in [0, 0.1) is 0 Å². The van der Waals surface area contributed by atoms with Crippen LogP contribution < -0.4 is 10.7 Å². The predicted octanol–water partition coefficient (Wildman–Crippen LogP) is 3.67. The molecule has 2 atom stereocenters. The summed E-state index contributed by atoms with van der Waals surface area (Å²) in [5.41, 5.74) is 1.43. The lowest BCUT2D eigenvalue weighted by Gasteiger charge is -2.28. The first kappa shape index (κ1) is 24.6. The van der Waals surface area contributed by atoms with Crippen LogP contribution in [0.25, 0.3) is 10.2 Å². The lowest BCUT2D eigenvalue weighted by Crippen LogP contribution is -2.33. The van der Waals surface area contributed by atoms with Gasteiger partial charge in [-0.2, -0.15) is 0 Å². The average Bonchev–Trinajstić information content (AvgIpc) is 3.54. The van der Waals surface area contributed by atoms with Gasteiger partial charge in [0, 0.05) is 60.2 Å². The van der Waals surface area contributed by atoms with Crippen molar-refractivity contribution in [2.45, 2.75) is 38.1 Å². The monoisotopic (exact) mass is 523 g/mol. The highest BCUT2D eigenvalue weighted by Crippen LogP contribution is 2.32. The SMILES string of the molecule is Cn1cc(C(=O)NCc2ccc(Cl)cc2)c(=O)c2cc(CN3CCC[C@@H]3[C@@H](O)c3cncnc3)sc21. The third kappa shape index (κ3) is 5.05. The summed E-state index contributed by atoms with van der Waals surface area (Å²) < 4.78 is 1.83. The number of halogens is 1. The number of benzene rings is 1. The maximum Gasteiger partial charge on any atom is 0.257 e. The first-order valence-corrected chi connectivity index (χ1v) is 12.9. The molecule has 8 nitrogen and oxygen atoms in total. The van der Waals surface area contributed by atoms with E-state index in [1.807, 2.05) is 29.8 Å². The molecule has 36 heavy (non-hydrogen) atoms. The number of nitrogens with zero attached hydrogens (tertiary/aromatic N) is 4. The molecule has 10 heteroatoms. The van der Waals surface area contributed by atoms with Crippen LogP contribution in [0.2, 0.25) is 5.02 Å². The summed E-state index contributed by atoms with van der Waals surface area (Å²) in [7, 11) is 1.84. The number of rotatable bonds is 7. The summed E-state index contributed by atoms with van der Waals surface area (Å²) in [5, 5.41) is 14.9. The number of carbonyl (C=O) groups is 1. The first-order chi connectivity index (χ1) is 17.4. The molecule has 4 aromatic rings. The van der Waals surface area contributed by atoms with Crippen molar-refractivity contribution in [3.63, 3.8) is 0 Å². The second-order valence-electron chi connectivity index (χ2n) is 9.02. The molecule has 1 saturated heterocycles. The van der Waals surface area contributed by atoms with Gasteiger partial charge in [-0.15, -0.1) is 11.3 Å².